The molecule has 1 N–H and O–H groups in total. The Morgan fingerprint density at radius 1 is 1.32 bits per heavy atom. The van der Waals surface area contributed by atoms with E-state index in [1.54, 1.807) is 24.5 Å². The lowest BCUT2D eigenvalue weighted by molar-refractivity contribution is -0.385. The van der Waals surface area contributed by atoms with E-state index in [-0.39, 0.29) is 5.69 Å². The number of nitro benzene ring substituents is 1. The second-order valence-electron chi connectivity index (χ2n) is 5.24. The topological polar surface area (TPSA) is 79.5 Å². The van der Waals surface area contributed by atoms with Crippen LogP contribution >= 0.6 is 0 Å². The fourth-order valence-corrected chi connectivity index (χ4v) is 2.21. The van der Waals surface area contributed by atoms with Crippen molar-refractivity contribution in [3.05, 3.63) is 70.0 Å². The van der Waals surface area contributed by atoms with Gasteiger partial charge >= 0.3 is 0 Å². The summed E-state index contributed by atoms with van der Waals surface area (Å²) in [5.41, 5.74) is 1.74. The van der Waals surface area contributed by atoms with Crippen LogP contribution in [0.5, 0.6) is 0 Å². The standard InChI is InChI=1S/C16H19N3O3/c1-18(10-7-13-5-8-17-9-6-13)12-16(20)14-3-2-4-15(11-14)19(21)22/h2-6,8-9,11,16,20H,7,10,12H2,1H3. The van der Waals surface area contributed by atoms with Crippen LogP contribution in [0.4, 0.5) is 5.69 Å². The van der Waals surface area contributed by atoms with Crippen LogP contribution in [0.2, 0.25) is 0 Å². The zero-order valence-corrected chi connectivity index (χ0v) is 12.4. The Morgan fingerprint density at radius 3 is 2.73 bits per heavy atom. The average Bonchev–Trinajstić information content (AvgIpc) is 2.54. The third-order valence-corrected chi connectivity index (χ3v) is 3.48. The van der Waals surface area contributed by atoms with Gasteiger partial charge in [0, 0.05) is 37.6 Å². The van der Waals surface area contributed by atoms with E-state index in [0.717, 1.165) is 13.0 Å². The molecule has 1 unspecified atom stereocenters. The molecule has 0 radical (unpaired) electrons. The largest absolute Gasteiger partial charge is 0.387 e. The zero-order valence-electron chi connectivity index (χ0n) is 12.4. The molecule has 1 heterocycles. The molecule has 0 aliphatic carbocycles. The van der Waals surface area contributed by atoms with Gasteiger partial charge in [0.1, 0.15) is 0 Å². The molecule has 1 aromatic heterocycles. The number of likely N-dealkylation sites (N-methyl/N-ethyl adjacent to an activating group) is 1. The van der Waals surface area contributed by atoms with E-state index in [0.29, 0.717) is 12.1 Å². The maximum Gasteiger partial charge on any atom is 0.269 e. The molecule has 1 atom stereocenters. The molecule has 22 heavy (non-hydrogen) atoms. The molecule has 0 spiro atoms. The number of pyridine rings is 1. The molecule has 0 amide bonds. The third-order valence-electron chi connectivity index (χ3n) is 3.48. The molecule has 0 bridgehead atoms. The van der Waals surface area contributed by atoms with Crippen LogP contribution < -0.4 is 0 Å². The SMILES string of the molecule is CN(CCc1ccncc1)CC(O)c1cccc([N+](=O)[O-])c1. The van der Waals surface area contributed by atoms with Crippen LogP contribution in [-0.4, -0.2) is 40.1 Å². The maximum atomic E-state index is 10.8. The fourth-order valence-electron chi connectivity index (χ4n) is 2.21. The third kappa shape index (κ3) is 4.61. The monoisotopic (exact) mass is 301 g/mol. The number of aromatic nitrogens is 1. The first kappa shape index (κ1) is 16.1. The first-order valence-electron chi connectivity index (χ1n) is 7.06. The van der Waals surface area contributed by atoms with Gasteiger partial charge in [0.25, 0.3) is 5.69 Å². The molecule has 116 valence electrons. The van der Waals surface area contributed by atoms with Crippen molar-refractivity contribution in [3.63, 3.8) is 0 Å². The summed E-state index contributed by atoms with van der Waals surface area (Å²) in [5, 5.41) is 21.0. The van der Waals surface area contributed by atoms with Crippen molar-refractivity contribution in [1.82, 2.24) is 9.88 Å². The van der Waals surface area contributed by atoms with Crippen molar-refractivity contribution in [3.8, 4) is 0 Å². The summed E-state index contributed by atoms with van der Waals surface area (Å²) >= 11 is 0. The molecule has 0 aliphatic heterocycles. The van der Waals surface area contributed by atoms with Gasteiger partial charge in [-0.25, -0.2) is 0 Å². The smallest absolute Gasteiger partial charge is 0.269 e. The minimum absolute atomic E-state index is 0.00371. The van der Waals surface area contributed by atoms with Crippen molar-refractivity contribution in [2.24, 2.45) is 0 Å². The normalized spacial score (nSPS) is 12.3. The fraction of sp³-hybridized carbons (Fsp3) is 0.312. The lowest BCUT2D eigenvalue weighted by Crippen LogP contribution is -2.26. The molecule has 0 saturated carbocycles. The number of aliphatic hydroxyl groups is 1. The van der Waals surface area contributed by atoms with Crippen LogP contribution in [0.25, 0.3) is 0 Å². The summed E-state index contributed by atoms with van der Waals surface area (Å²) < 4.78 is 0. The molecule has 6 heteroatoms. The van der Waals surface area contributed by atoms with Crippen molar-refractivity contribution >= 4 is 5.69 Å². The number of aliphatic hydroxyl groups excluding tert-OH is 1. The molecular weight excluding hydrogens is 282 g/mol. The highest BCUT2D eigenvalue weighted by molar-refractivity contribution is 5.35. The lowest BCUT2D eigenvalue weighted by atomic mass is 10.1. The lowest BCUT2D eigenvalue weighted by Gasteiger charge is -2.20. The van der Waals surface area contributed by atoms with E-state index in [9.17, 15) is 15.2 Å². The Bertz CT molecular complexity index is 619. The Morgan fingerprint density at radius 2 is 2.05 bits per heavy atom. The number of hydrogen-bond acceptors (Lipinski definition) is 5. The minimum Gasteiger partial charge on any atom is -0.387 e. The number of hydrogen-bond donors (Lipinski definition) is 1. The molecule has 1 aromatic carbocycles. The first-order chi connectivity index (χ1) is 10.6. The number of benzene rings is 1. The van der Waals surface area contributed by atoms with Gasteiger partial charge in [0.2, 0.25) is 0 Å². The van der Waals surface area contributed by atoms with E-state index in [1.807, 2.05) is 24.1 Å². The van der Waals surface area contributed by atoms with Crippen LogP contribution in [0.3, 0.4) is 0 Å². The molecule has 2 rings (SSSR count). The van der Waals surface area contributed by atoms with E-state index in [1.165, 1.54) is 17.7 Å². The second-order valence-corrected chi connectivity index (χ2v) is 5.24. The van der Waals surface area contributed by atoms with Gasteiger partial charge in [-0.1, -0.05) is 12.1 Å². The summed E-state index contributed by atoms with van der Waals surface area (Å²) in [6, 6.07) is 10.1. The van der Waals surface area contributed by atoms with Crippen LogP contribution in [0.15, 0.2) is 48.8 Å². The Labute approximate surface area is 129 Å². The Kier molecular flexibility index (Phi) is 5.57. The zero-order chi connectivity index (χ0) is 15.9. The Hall–Kier alpha value is -2.31. The highest BCUT2D eigenvalue weighted by atomic mass is 16.6. The van der Waals surface area contributed by atoms with E-state index >= 15 is 0 Å². The van der Waals surface area contributed by atoms with Crippen molar-refractivity contribution < 1.29 is 10.0 Å². The van der Waals surface area contributed by atoms with Crippen LogP contribution in [-0.2, 0) is 6.42 Å². The predicted octanol–water partition coefficient (Wildman–Crippen LogP) is 2.20. The van der Waals surface area contributed by atoms with Gasteiger partial charge in [-0.3, -0.25) is 15.1 Å². The quantitative estimate of drug-likeness (QED) is 0.626. The summed E-state index contributed by atoms with van der Waals surface area (Å²) in [7, 11) is 1.92. The van der Waals surface area contributed by atoms with E-state index in [2.05, 4.69) is 4.98 Å². The summed E-state index contributed by atoms with van der Waals surface area (Å²) in [5.74, 6) is 0. The van der Waals surface area contributed by atoms with Crippen molar-refractivity contribution in [2.45, 2.75) is 12.5 Å². The van der Waals surface area contributed by atoms with Crippen LogP contribution in [0.1, 0.15) is 17.2 Å². The predicted molar refractivity (Wildman–Crippen MR) is 83.5 cm³/mol. The van der Waals surface area contributed by atoms with Crippen molar-refractivity contribution in [1.29, 1.82) is 0 Å². The average molecular weight is 301 g/mol. The number of rotatable bonds is 7. The summed E-state index contributed by atoms with van der Waals surface area (Å²) in [6.45, 7) is 1.21. The van der Waals surface area contributed by atoms with Gasteiger partial charge in [0.05, 0.1) is 11.0 Å². The number of nitro groups is 1. The van der Waals surface area contributed by atoms with Gasteiger partial charge in [-0.15, -0.1) is 0 Å². The second kappa shape index (κ2) is 7.63. The van der Waals surface area contributed by atoms with Crippen LogP contribution in [0, 0.1) is 10.1 Å². The number of non-ortho nitro benzene ring substituents is 1. The maximum absolute atomic E-state index is 10.8. The minimum atomic E-state index is -0.748. The molecular formula is C16H19N3O3. The van der Waals surface area contributed by atoms with E-state index in [4.69, 9.17) is 0 Å². The Balaban J connectivity index is 1.89. The number of nitrogens with zero attached hydrogens (tertiary/aromatic N) is 3. The molecule has 6 nitrogen and oxygen atoms in total. The van der Waals surface area contributed by atoms with Crippen molar-refractivity contribution in [2.75, 3.05) is 20.1 Å². The summed E-state index contributed by atoms with van der Waals surface area (Å²) in [4.78, 5) is 16.3. The van der Waals surface area contributed by atoms with Gasteiger partial charge in [-0.2, -0.15) is 0 Å². The summed E-state index contributed by atoms with van der Waals surface area (Å²) in [6.07, 6.45) is 3.63. The molecule has 0 aliphatic rings. The van der Waals surface area contributed by atoms with Gasteiger partial charge in [0.15, 0.2) is 0 Å². The molecule has 0 fully saturated rings. The molecule has 0 saturated heterocycles. The van der Waals surface area contributed by atoms with Gasteiger partial charge < -0.3 is 10.0 Å². The van der Waals surface area contributed by atoms with Gasteiger partial charge in [-0.05, 0) is 36.7 Å². The highest BCUT2D eigenvalue weighted by Gasteiger charge is 2.14. The first-order valence-corrected chi connectivity index (χ1v) is 7.06. The van der Waals surface area contributed by atoms with E-state index < -0.39 is 11.0 Å². The molecule has 2 aromatic rings. The highest BCUT2D eigenvalue weighted by Crippen LogP contribution is 2.19.